The molecule has 2 amide bonds. The number of sulfonamides is 1. The summed E-state index contributed by atoms with van der Waals surface area (Å²) in [6, 6.07) is 22.7. The van der Waals surface area contributed by atoms with Crippen molar-refractivity contribution < 1.29 is 18.0 Å². The second kappa shape index (κ2) is 13.6. The Morgan fingerprint density at radius 1 is 0.949 bits per heavy atom. The van der Waals surface area contributed by atoms with E-state index in [1.165, 1.54) is 11.0 Å². The highest BCUT2D eigenvalue weighted by Gasteiger charge is 2.33. The number of benzene rings is 3. The Bertz CT molecular complexity index is 1370. The Labute approximate surface area is 236 Å². The van der Waals surface area contributed by atoms with Crippen LogP contribution >= 0.6 is 11.6 Å². The van der Waals surface area contributed by atoms with Gasteiger partial charge in [0.2, 0.25) is 21.8 Å². The number of hydrogen-bond donors (Lipinski definition) is 1. The molecule has 1 N–H and O–H groups in total. The molecule has 0 aliphatic rings. The largest absolute Gasteiger partial charge is 0.352 e. The Kier molecular flexibility index (Phi) is 10.5. The van der Waals surface area contributed by atoms with E-state index in [1.54, 1.807) is 12.1 Å². The maximum absolute atomic E-state index is 14.0. The maximum Gasteiger partial charge on any atom is 0.244 e. The van der Waals surface area contributed by atoms with Crippen LogP contribution < -0.4 is 9.62 Å². The van der Waals surface area contributed by atoms with Gasteiger partial charge >= 0.3 is 0 Å². The van der Waals surface area contributed by atoms with Gasteiger partial charge in [-0.1, -0.05) is 85.3 Å². The molecule has 0 radical (unpaired) electrons. The maximum atomic E-state index is 14.0. The van der Waals surface area contributed by atoms with Crippen LogP contribution in [-0.4, -0.2) is 50.0 Å². The van der Waals surface area contributed by atoms with Crippen molar-refractivity contribution in [3.8, 4) is 0 Å². The zero-order valence-electron chi connectivity index (χ0n) is 22.8. The molecule has 0 heterocycles. The van der Waals surface area contributed by atoms with Gasteiger partial charge in [-0.25, -0.2) is 8.42 Å². The molecule has 0 aliphatic carbocycles. The monoisotopic (exact) mass is 569 g/mol. The van der Waals surface area contributed by atoms with Crippen LogP contribution in [0.15, 0.2) is 78.9 Å². The molecule has 39 heavy (non-hydrogen) atoms. The standard InChI is InChI=1S/C30H36ClN3O4S/c1-5-23(3)32-30(36)28(18-24-12-8-6-9-13-24)33(20-25-14-10-7-11-15-25)29(35)21-34(39(4,37)38)26-17-16-22(2)27(31)19-26/h6-17,19,23,28H,5,18,20-21H2,1-4H3,(H,32,36)/t23-,28-/m1/s1. The molecule has 0 saturated heterocycles. The number of carbonyl (C=O) groups is 2. The topological polar surface area (TPSA) is 86.8 Å². The predicted octanol–water partition coefficient (Wildman–Crippen LogP) is 4.97. The number of halogens is 1. The molecule has 9 heteroatoms. The smallest absolute Gasteiger partial charge is 0.244 e. The molecule has 3 rings (SSSR count). The second-order valence-electron chi connectivity index (χ2n) is 9.73. The summed E-state index contributed by atoms with van der Waals surface area (Å²) in [7, 11) is -3.85. The van der Waals surface area contributed by atoms with E-state index in [0.29, 0.717) is 5.02 Å². The number of rotatable bonds is 12. The number of nitrogens with zero attached hydrogens (tertiary/aromatic N) is 2. The Morgan fingerprint density at radius 3 is 2.08 bits per heavy atom. The lowest BCUT2D eigenvalue weighted by molar-refractivity contribution is -0.140. The molecule has 7 nitrogen and oxygen atoms in total. The highest BCUT2D eigenvalue weighted by Crippen LogP contribution is 2.25. The number of hydrogen-bond acceptors (Lipinski definition) is 4. The SMILES string of the molecule is CC[C@@H](C)NC(=O)[C@@H](Cc1ccccc1)N(Cc1ccccc1)C(=O)CN(c1ccc(C)c(Cl)c1)S(C)(=O)=O. The second-order valence-corrected chi connectivity index (χ2v) is 12.0. The first-order chi connectivity index (χ1) is 18.5. The van der Waals surface area contributed by atoms with Gasteiger partial charge in [-0.3, -0.25) is 13.9 Å². The average Bonchev–Trinajstić information content (AvgIpc) is 2.91. The fraction of sp³-hybridized carbons (Fsp3) is 0.333. The van der Waals surface area contributed by atoms with E-state index in [2.05, 4.69) is 5.32 Å². The van der Waals surface area contributed by atoms with Gasteiger partial charge in [0, 0.05) is 24.0 Å². The van der Waals surface area contributed by atoms with Gasteiger partial charge in [-0.05, 0) is 49.1 Å². The zero-order valence-corrected chi connectivity index (χ0v) is 24.4. The predicted molar refractivity (Wildman–Crippen MR) is 157 cm³/mol. The van der Waals surface area contributed by atoms with Crippen molar-refractivity contribution in [1.29, 1.82) is 0 Å². The summed E-state index contributed by atoms with van der Waals surface area (Å²) in [6.45, 7) is 5.35. The van der Waals surface area contributed by atoms with Crippen molar-refractivity contribution in [3.05, 3.63) is 101 Å². The Morgan fingerprint density at radius 2 is 1.54 bits per heavy atom. The molecule has 0 aliphatic heterocycles. The van der Waals surface area contributed by atoms with Gasteiger partial charge in [0.1, 0.15) is 12.6 Å². The van der Waals surface area contributed by atoms with Gasteiger partial charge in [0.15, 0.2) is 0 Å². The first-order valence-corrected chi connectivity index (χ1v) is 15.1. The average molecular weight is 570 g/mol. The third-order valence-electron chi connectivity index (χ3n) is 6.59. The molecule has 0 bridgehead atoms. The molecule has 3 aromatic rings. The minimum atomic E-state index is -3.85. The van der Waals surface area contributed by atoms with Gasteiger partial charge in [0.25, 0.3) is 0 Å². The first kappa shape index (κ1) is 30.2. The molecule has 0 unspecified atom stereocenters. The summed E-state index contributed by atoms with van der Waals surface area (Å²) in [4.78, 5) is 29.1. The van der Waals surface area contributed by atoms with Crippen LogP contribution in [0, 0.1) is 6.92 Å². The van der Waals surface area contributed by atoms with E-state index in [9.17, 15) is 18.0 Å². The zero-order chi connectivity index (χ0) is 28.6. The highest BCUT2D eigenvalue weighted by molar-refractivity contribution is 7.92. The minimum absolute atomic E-state index is 0.0910. The third-order valence-corrected chi connectivity index (χ3v) is 8.14. The molecular weight excluding hydrogens is 534 g/mol. The van der Waals surface area contributed by atoms with Crippen LogP contribution in [0.5, 0.6) is 0 Å². The van der Waals surface area contributed by atoms with E-state index >= 15 is 0 Å². The molecule has 0 saturated carbocycles. The fourth-order valence-corrected chi connectivity index (χ4v) is 5.14. The number of carbonyl (C=O) groups excluding carboxylic acids is 2. The van der Waals surface area contributed by atoms with Crippen molar-refractivity contribution in [2.45, 2.75) is 52.2 Å². The quantitative estimate of drug-likeness (QED) is 0.334. The number of anilines is 1. The van der Waals surface area contributed by atoms with E-state index in [-0.39, 0.29) is 30.6 Å². The summed E-state index contributed by atoms with van der Waals surface area (Å²) >= 11 is 6.29. The number of nitrogens with one attached hydrogen (secondary N) is 1. The molecule has 3 aromatic carbocycles. The van der Waals surface area contributed by atoms with Crippen molar-refractivity contribution in [1.82, 2.24) is 10.2 Å². The van der Waals surface area contributed by atoms with Crippen LogP contribution in [0.4, 0.5) is 5.69 Å². The van der Waals surface area contributed by atoms with Crippen LogP contribution in [-0.2, 0) is 32.6 Å². The summed E-state index contributed by atoms with van der Waals surface area (Å²) < 4.78 is 26.7. The fourth-order valence-electron chi connectivity index (χ4n) is 4.13. The molecule has 0 spiro atoms. The van der Waals surface area contributed by atoms with Crippen molar-refractivity contribution in [2.75, 3.05) is 17.1 Å². The third kappa shape index (κ3) is 8.57. The van der Waals surface area contributed by atoms with E-state index in [0.717, 1.165) is 33.7 Å². The highest BCUT2D eigenvalue weighted by atomic mass is 35.5. The van der Waals surface area contributed by atoms with E-state index in [1.807, 2.05) is 81.4 Å². The first-order valence-electron chi connectivity index (χ1n) is 12.9. The Balaban J connectivity index is 2.05. The Hall–Kier alpha value is -3.36. The van der Waals surface area contributed by atoms with E-state index < -0.39 is 28.5 Å². The van der Waals surface area contributed by atoms with Gasteiger partial charge in [-0.2, -0.15) is 0 Å². The molecule has 0 fully saturated rings. The minimum Gasteiger partial charge on any atom is -0.352 e. The number of amides is 2. The van der Waals surface area contributed by atoms with Crippen LogP contribution in [0.3, 0.4) is 0 Å². The lowest BCUT2D eigenvalue weighted by atomic mass is 10.0. The molecule has 0 aromatic heterocycles. The summed E-state index contributed by atoms with van der Waals surface area (Å²) in [6.07, 6.45) is 2.05. The summed E-state index contributed by atoms with van der Waals surface area (Å²) in [5, 5.41) is 3.41. The normalized spacial score (nSPS) is 12.8. The molecular formula is C30H36ClN3O4S. The van der Waals surface area contributed by atoms with Gasteiger partial charge in [0.05, 0.1) is 11.9 Å². The van der Waals surface area contributed by atoms with Crippen molar-refractivity contribution in [3.63, 3.8) is 0 Å². The lowest BCUT2D eigenvalue weighted by Crippen LogP contribution is -2.54. The van der Waals surface area contributed by atoms with Gasteiger partial charge < -0.3 is 10.2 Å². The summed E-state index contributed by atoms with van der Waals surface area (Å²) in [5.41, 5.74) is 2.78. The number of aryl methyl sites for hydroxylation is 1. The lowest BCUT2D eigenvalue weighted by Gasteiger charge is -2.34. The van der Waals surface area contributed by atoms with Crippen LogP contribution in [0.1, 0.15) is 37.0 Å². The van der Waals surface area contributed by atoms with Crippen molar-refractivity contribution in [2.24, 2.45) is 0 Å². The van der Waals surface area contributed by atoms with Crippen molar-refractivity contribution >= 4 is 39.1 Å². The molecule has 208 valence electrons. The molecule has 2 atom stereocenters. The van der Waals surface area contributed by atoms with Crippen LogP contribution in [0.2, 0.25) is 5.02 Å². The summed E-state index contributed by atoms with van der Waals surface area (Å²) in [5.74, 6) is -0.789. The van der Waals surface area contributed by atoms with Gasteiger partial charge in [-0.15, -0.1) is 0 Å². The van der Waals surface area contributed by atoms with E-state index in [4.69, 9.17) is 11.6 Å². The van der Waals surface area contributed by atoms with Crippen LogP contribution in [0.25, 0.3) is 0 Å².